The van der Waals surface area contributed by atoms with E-state index in [1.54, 1.807) is 12.1 Å². The van der Waals surface area contributed by atoms with E-state index in [9.17, 15) is 19.8 Å². The number of amides is 2. The number of fused-ring (bicyclic) bond motifs is 1. The number of aromatic nitrogens is 2. The van der Waals surface area contributed by atoms with Gasteiger partial charge < -0.3 is 46.4 Å². The van der Waals surface area contributed by atoms with Gasteiger partial charge in [-0.15, -0.1) is 0 Å². The molecule has 1 aromatic carbocycles. The molecule has 3 fully saturated rings. The van der Waals surface area contributed by atoms with Gasteiger partial charge in [-0.05, 0) is 24.0 Å². The molecule has 4 atom stereocenters. The standard InChI is InChI=1S/C25H32N10O5/c1-23(2)7-9-40-17-12(4-3-5-13(17)23)19(36)31-16-11-35-22(27)30-15(10-28-20(37)14-6-8-29-34-14)18-24(35,25(16,38)39)33-21(26)32-18/h3-6,8,15-16,18,38-39H,7,9-11H2,1-2H3,(H2,27,30)(H,28,37)(H,29,34)(H,31,36)(H3,26,32,33)/t15-,16?,18-,24?/m0/s1. The zero-order valence-corrected chi connectivity index (χ0v) is 22.0. The van der Waals surface area contributed by atoms with Crippen molar-refractivity contribution in [3.63, 3.8) is 0 Å². The van der Waals surface area contributed by atoms with Crippen LogP contribution in [0, 0.1) is 10.8 Å². The van der Waals surface area contributed by atoms with E-state index in [1.165, 1.54) is 17.2 Å². The minimum absolute atomic E-state index is 0.0212. The first-order valence-electron chi connectivity index (χ1n) is 13.0. The van der Waals surface area contributed by atoms with Crippen molar-refractivity contribution in [3.05, 3.63) is 47.3 Å². The van der Waals surface area contributed by atoms with Crippen molar-refractivity contribution >= 4 is 23.7 Å². The molecule has 10 N–H and O–H groups in total. The lowest BCUT2D eigenvalue weighted by Gasteiger charge is -2.51. The first-order chi connectivity index (χ1) is 19.0. The normalized spacial score (nSPS) is 29.1. The molecule has 5 heterocycles. The van der Waals surface area contributed by atoms with Gasteiger partial charge in [0.05, 0.1) is 24.3 Å². The molecule has 15 heteroatoms. The van der Waals surface area contributed by atoms with Crippen LogP contribution < -0.4 is 31.3 Å². The Morgan fingerprint density at radius 2 is 2.00 bits per heavy atom. The van der Waals surface area contributed by atoms with E-state index in [4.69, 9.17) is 15.6 Å². The number of nitrogens with zero attached hydrogens (tertiary/aromatic N) is 2. The van der Waals surface area contributed by atoms with Crippen LogP contribution in [0.4, 0.5) is 0 Å². The second-order valence-electron chi connectivity index (χ2n) is 11.2. The zero-order valence-electron chi connectivity index (χ0n) is 22.0. The number of carbonyl (C=O) groups is 2. The number of rotatable bonds is 5. The van der Waals surface area contributed by atoms with Crippen LogP contribution in [0.1, 0.15) is 46.7 Å². The molecule has 0 aliphatic carbocycles. The number of H-pyrrole nitrogens is 1. The number of hydrogen-bond donors (Lipinski definition) is 10. The third kappa shape index (κ3) is 3.68. The fraction of sp³-hybridized carbons (Fsp3) is 0.480. The van der Waals surface area contributed by atoms with Crippen molar-refractivity contribution in [3.8, 4) is 5.75 Å². The summed E-state index contributed by atoms with van der Waals surface area (Å²) >= 11 is 0. The molecule has 0 saturated carbocycles. The van der Waals surface area contributed by atoms with Crippen LogP contribution in [0.15, 0.2) is 30.5 Å². The Morgan fingerprint density at radius 3 is 2.75 bits per heavy atom. The van der Waals surface area contributed by atoms with Gasteiger partial charge in [-0.2, -0.15) is 5.10 Å². The number of nitrogens with one attached hydrogen (secondary N) is 8. The van der Waals surface area contributed by atoms with Crippen molar-refractivity contribution in [2.24, 2.45) is 0 Å². The van der Waals surface area contributed by atoms with E-state index >= 15 is 0 Å². The predicted molar refractivity (Wildman–Crippen MR) is 141 cm³/mol. The van der Waals surface area contributed by atoms with Gasteiger partial charge in [0.1, 0.15) is 17.5 Å². The smallest absolute Gasteiger partial charge is 0.271 e. The maximum atomic E-state index is 13.5. The number of hydrogen-bond acceptors (Lipinski definition) is 8. The van der Waals surface area contributed by atoms with Crippen molar-refractivity contribution in [2.45, 2.75) is 55.3 Å². The first kappa shape index (κ1) is 25.9. The van der Waals surface area contributed by atoms with Gasteiger partial charge in [0.2, 0.25) is 5.79 Å². The van der Waals surface area contributed by atoms with Gasteiger partial charge in [-0.1, -0.05) is 26.0 Å². The molecule has 15 nitrogen and oxygen atoms in total. The molecule has 6 rings (SSSR count). The summed E-state index contributed by atoms with van der Waals surface area (Å²) in [4.78, 5) is 27.4. The Hall–Kier alpha value is -4.37. The quantitative estimate of drug-likeness (QED) is 0.185. The van der Waals surface area contributed by atoms with E-state index < -0.39 is 41.4 Å². The van der Waals surface area contributed by atoms with E-state index in [0.29, 0.717) is 12.4 Å². The number of para-hydroxylation sites is 1. The van der Waals surface area contributed by atoms with Gasteiger partial charge in [0.15, 0.2) is 17.6 Å². The van der Waals surface area contributed by atoms with E-state index in [2.05, 4.69) is 50.6 Å². The van der Waals surface area contributed by atoms with Gasteiger partial charge in [-0.3, -0.25) is 25.5 Å². The minimum atomic E-state index is -2.64. The van der Waals surface area contributed by atoms with Crippen LogP contribution in [0.5, 0.6) is 5.75 Å². The molecule has 0 radical (unpaired) electrons. The minimum Gasteiger partial charge on any atom is -0.492 e. The lowest BCUT2D eigenvalue weighted by Crippen LogP contribution is -2.81. The van der Waals surface area contributed by atoms with Crippen LogP contribution in [-0.4, -0.2) is 98.3 Å². The third-order valence-corrected chi connectivity index (χ3v) is 8.38. The van der Waals surface area contributed by atoms with Crippen molar-refractivity contribution < 1.29 is 24.5 Å². The largest absolute Gasteiger partial charge is 0.492 e. The lowest BCUT2D eigenvalue weighted by atomic mass is 9.79. The van der Waals surface area contributed by atoms with Crippen LogP contribution in [-0.2, 0) is 5.41 Å². The first-order valence-corrected chi connectivity index (χ1v) is 13.0. The molecule has 4 aliphatic rings. The summed E-state index contributed by atoms with van der Waals surface area (Å²) in [7, 11) is 0. The highest BCUT2D eigenvalue weighted by atomic mass is 16.5. The number of ether oxygens (including phenoxy) is 1. The van der Waals surface area contributed by atoms with Gasteiger partial charge in [-0.25, -0.2) is 0 Å². The summed E-state index contributed by atoms with van der Waals surface area (Å²) in [5.74, 6) is -3.54. The Labute approximate surface area is 229 Å². The summed E-state index contributed by atoms with van der Waals surface area (Å²) in [6.45, 7) is 4.45. The molecular formula is C25H32N10O5. The van der Waals surface area contributed by atoms with Crippen molar-refractivity contribution in [2.75, 3.05) is 19.7 Å². The van der Waals surface area contributed by atoms with Gasteiger partial charge in [0.25, 0.3) is 11.8 Å². The Bertz CT molecular complexity index is 1390. The Morgan fingerprint density at radius 1 is 1.20 bits per heavy atom. The molecule has 40 heavy (non-hydrogen) atoms. The summed E-state index contributed by atoms with van der Waals surface area (Å²) < 4.78 is 5.88. The summed E-state index contributed by atoms with van der Waals surface area (Å²) in [5.41, 5.74) is -0.637. The van der Waals surface area contributed by atoms with Crippen molar-refractivity contribution in [1.82, 2.24) is 41.7 Å². The van der Waals surface area contributed by atoms with Crippen LogP contribution in [0.2, 0.25) is 0 Å². The van der Waals surface area contributed by atoms with E-state index in [0.717, 1.165) is 12.0 Å². The predicted octanol–water partition coefficient (Wildman–Crippen LogP) is -1.91. The van der Waals surface area contributed by atoms with Crippen LogP contribution in [0.25, 0.3) is 0 Å². The maximum Gasteiger partial charge on any atom is 0.271 e. The number of aromatic amines is 1. The molecule has 212 valence electrons. The molecule has 1 aromatic heterocycles. The topological polar surface area (TPSA) is 224 Å². The maximum absolute atomic E-state index is 13.5. The molecule has 0 bridgehead atoms. The Balaban J connectivity index is 1.27. The summed E-state index contributed by atoms with van der Waals surface area (Å²) in [5, 5.41) is 60.8. The fourth-order valence-electron chi connectivity index (χ4n) is 6.21. The number of carbonyl (C=O) groups excluding carboxylic acids is 2. The molecule has 4 aliphatic heterocycles. The molecule has 2 amide bonds. The second kappa shape index (κ2) is 8.82. The molecule has 1 spiro atoms. The fourth-order valence-corrected chi connectivity index (χ4v) is 6.21. The van der Waals surface area contributed by atoms with Gasteiger partial charge >= 0.3 is 0 Å². The molecular weight excluding hydrogens is 520 g/mol. The SMILES string of the molecule is CC1(C)CCOc2c(C(=O)NC3CN4C(=N)N[C@@H](CNC(=O)c5cc[nH]n5)[C@@H]5NC(=N)NC54C3(O)O)cccc21. The molecule has 2 unspecified atom stereocenters. The molecule has 3 saturated heterocycles. The average molecular weight is 553 g/mol. The highest BCUT2D eigenvalue weighted by Gasteiger charge is 2.74. The van der Waals surface area contributed by atoms with Gasteiger partial charge in [0, 0.05) is 24.8 Å². The monoisotopic (exact) mass is 552 g/mol. The second-order valence-corrected chi connectivity index (χ2v) is 11.2. The summed E-state index contributed by atoms with van der Waals surface area (Å²) in [6.07, 6.45) is 2.31. The number of guanidine groups is 2. The Kier molecular flexibility index (Phi) is 5.71. The van der Waals surface area contributed by atoms with E-state index in [1.807, 2.05) is 6.07 Å². The number of benzene rings is 1. The van der Waals surface area contributed by atoms with E-state index in [-0.39, 0.29) is 41.7 Å². The molecule has 2 aromatic rings. The van der Waals surface area contributed by atoms with Crippen molar-refractivity contribution in [1.29, 1.82) is 10.8 Å². The summed E-state index contributed by atoms with van der Waals surface area (Å²) in [6, 6.07) is 3.95. The highest BCUT2D eigenvalue weighted by molar-refractivity contribution is 5.98. The number of aliphatic hydroxyl groups is 2. The third-order valence-electron chi connectivity index (χ3n) is 8.38. The van der Waals surface area contributed by atoms with Crippen LogP contribution >= 0.6 is 0 Å². The lowest BCUT2D eigenvalue weighted by molar-refractivity contribution is -0.232. The highest BCUT2D eigenvalue weighted by Crippen LogP contribution is 2.44. The zero-order chi connectivity index (χ0) is 28.4. The van der Waals surface area contributed by atoms with Crippen LogP contribution in [0.3, 0.4) is 0 Å². The average Bonchev–Trinajstić information content (AvgIpc) is 3.61.